The summed E-state index contributed by atoms with van der Waals surface area (Å²) in [6, 6.07) is 23.1. The van der Waals surface area contributed by atoms with E-state index in [0.29, 0.717) is 47.6 Å². The van der Waals surface area contributed by atoms with Crippen molar-refractivity contribution in [3.05, 3.63) is 101 Å². The molecule has 1 aliphatic rings. The number of halogens is 1. The van der Waals surface area contributed by atoms with Crippen LogP contribution in [0.1, 0.15) is 43.9 Å². The number of imide groups is 1. The molecule has 31 heavy (non-hydrogen) atoms. The highest BCUT2D eigenvalue weighted by molar-refractivity contribution is 6.30. The van der Waals surface area contributed by atoms with Crippen LogP contribution in [0.3, 0.4) is 0 Å². The molecule has 0 fully saturated rings. The number of carbonyl (C=O) groups excluding carboxylic acids is 3. The standard InChI is InChI=1S/C25H21ClN2O3/c26-19-12-14-20(15-13-19)27(23(29)18-8-2-1-3-9-18)16-6-7-17-28-24(30)21-10-4-5-11-22(21)25(28)31/h1-5,8-15H,6-7,16-17H2. The van der Waals surface area contributed by atoms with Crippen LogP contribution in [0, 0.1) is 0 Å². The van der Waals surface area contributed by atoms with Gasteiger partial charge < -0.3 is 4.90 Å². The van der Waals surface area contributed by atoms with E-state index in [4.69, 9.17) is 11.6 Å². The average Bonchev–Trinajstić information content (AvgIpc) is 3.05. The van der Waals surface area contributed by atoms with Gasteiger partial charge in [0.25, 0.3) is 17.7 Å². The molecule has 4 rings (SSSR count). The van der Waals surface area contributed by atoms with Crippen LogP contribution in [0.5, 0.6) is 0 Å². The van der Waals surface area contributed by atoms with Crippen molar-refractivity contribution in [3.8, 4) is 0 Å². The molecule has 5 nitrogen and oxygen atoms in total. The van der Waals surface area contributed by atoms with E-state index in [-0.39, 0.29) is 17.7 Å². The molecule has 0 unspecified atom stereocenters. The summed E-state index contributed by atoms with van der Waals surface area (Å²) in [7, 11) is 0. The van der Waals surface area contributed by atoms with Gasteiger partial charge in [0.15, 0.2) is 0 Å². The van der Waals surface area contributed by atoms with Crippen LogP contribution in [0.4, 0.5) is 5.69 Å². The van der Waals surface area contributed by atoms with Gasteiger partial charge in [-0.05, 0) is 61.4 Å². The summed E-state index contributed by atoms with van der Waals surface area (Å²) in [4.78, 5) is 41.1. The minimum absolute atomic E-state index is 0.108. The van der Waals surface area contributed by atoms with E-state index >= 15 is 0 Å². The van der Waals surface area contributed by atoms with Gasteiger partial charge in [-0.2, -0.15) is 0 Å². The summed E-state index contributed by atoms with van der Waals surface area (Å²) in [6.07, 6.45) is 1.23. The molecule has 0 saturated carbocycles. The van der Waals surface area contributed by atoms with E-state index in [1.165, 1.54) is 4.90 Å². The Morgan fingerprint density at radius 3 is 1.97 bits per heavy atom. The van der Waals surface area contributed by atoms with Crippen molar-refractivity contribution in [2.45, 2.75) is 12.8 Å². The van der Waals surface area contributed by atoms with Crippen LogP contribution in [0.25, 0.3) is 0 Å². The van der Waals surface area contributed by atoms with E-state index < -0.39 is 0 Å². The third-order valence-electron chi connectivity index (χ3n) is 5.30. The van der Waals surface area contributed by atoms with Crippen LogP contribution in [-0.2, 0) is 0 Å². The molecule has 3 aromatic carbocycles. The first-order valence-corrected chi connectivity index (χ1v) is 10.5. The van der Waals surface area contributed by atoms with Crippen LogP contribution in [0.2, 0.25) is 5.02 Å². The second-order valence-electron chi connectivity index (χ2n) is 7.31. The number of nitrogens with zero attached hydrogens (tertiary/aromatic N) is 2. The Kier molecular flexibility index (Phi) is 6.14. The summed E-state index contributed by atoms with van der Waals surface area (Å²) in [6.45, 7) is 0.777. The van der Waals surface area contributed by atoms with Gasteiger partial charge in [0, 0.05) is 29.4 Å². The predicted molar refractivity (Wildman–Crippen MR) is 121 cm³/mol. The molecule has 0 atom stereocenters. The minimum atomic E-state index is -0.254. The molecular weight excluding hydrogens is 412 g/mol. The molecule has 1 heterocycles. The number of carbonyl (C=O) groups is 3. The Bertz CT molecular complexity index is 1080. The molecule has 3 amide bonds. The summed E-state index contributed by atoms with van der Waals surface area (Å²) in [5.74, 6) is -0.616. The zero-order valence-corrected chi connectivity index (χ0v) is 17.6. The number of benzene rings is 3. The average molecular weight is 433 g/mol. The lowest BCUT2D eigenvalue weighted by molar-refractivity contribution is 0.0651. The van der Waals surface area contributed by atoms with Crippen molar-refractivity contribution in [1.82, 2.24) is 4.90 Å². The van der Waals surface area contributed by atoms with Crippen molar-refractivity contribution >= 4 is 35.0 Å². The van der Waals surface area contributed by atoms with Gasteiger partial charge in [-0.25, -0.2) is 0 Å². The first-order valence-electron chi connectivity index (χ1n) is 10.1. The third-order valence-corrected chi connectivity index (χ3v) is 5.55. The fourth-order valence-electron chi connectivity index (χ4n) is 3.69. The predicted octanol–water partition coefficient (Wildman–Crippen LogP) is 5.06. The Labute approximate surface area is 185 Å². The highest BCUT2D eigenvalue weighted by Crippen LogP contribution is 2.24. The van der Waals surface area contributed by atoms with Crippen LogP contribution in [0.15, 0.2) is 78.9 Å². The Balaban J connectivity index is 1.42. The Morgan fingerprint density at radius 2 is 1.35 bits per heavy atom. The lowest BCUT2D eigenvalue weighted by atomic mass is 10.1. The number of amides is 3. The fourth-order valence-corrected chi connectivity index (χ4v) is 3.81. The Morgan fingerprint density at radius 1 is 0.774 bits per heavy atom. The van der Waals surface area contributed by atoms with Crippen molar-refractivity contribution in [3.63, 3.8) is 0 Å². The number of fused-ring (bicyclic) bond motifs is 1. The summed E-state index contributed by atoms with van der Waals surface area (Å²) in [5.41, 5.74) is 2.25. The molecule has 156 valence electrons. The van der Waals surface area contributed by atoms with Crippen molar-refractivity contribution in [2.75, 3.05) is 18.0 Å². The topological polar surface area (TPSA) is 57.7 Å². The molecule has 0 N–H and O–H groups in total. The third kappa shape index (κ3) is 4.37. The second-order valence-corrected chi connectivity index (χ2v) is 7.75. The van der Waals surface area contributed by atoms with Crippen molar-refractivity contribution in [2.24, 2.45) is 0 Å². The maximum absolute atomic E-state index is 13.1. The molecule has 0 aromatic heterocycles. The summed E-state index contributed by atoms with van der Waals surface area (Å²) >= 11 is 6.01. The fraction of sp³-hybridized carbons (Fsp3) is 0.160. The summed E-state index contributed by atoms with van der Waals surface area (Å²) < 4.78 is 0. The zero-order valence-electron chi connectivity index (χ0n) is 16.8. The highest BCUT2D eigenvalue weighted by Gasteiger charge is 2.34. The molecule has 0 spiro atoms. The van der Waals surface area contributed by atoms with Gasteiger partial charge >= 0.3 is 0 Å². The van der Waals surface area contributed by atoms with Crippen LogP contribution in [-0.4, -0.2) is 35.7 Å². The van der Waals surface area contributed by atoms with Crippen LogP contribution < -0.4 is 4.90 Å². The lowest BCUT2D eigenvalue weighted by Crippen LogP contribution is -2.34. The number of anilines is 1. The molecule has 0 radical (unpaired) electrons. The quantitative estimate of drug-likeness (QED) is 0.387. The van der Waals surface area contributed by atoms with E-state index in [9.17, 15) is 14.4 Å². The first kappa shape index (κ1) is 20.8. The minimum Gasteiger partial charge on any atom is -0.308 e. The number of hydrogen-bond donors (Lipinski definition) is 0. The van der Waals surface area contributed by atoms with Gasteiger partial charge in [-0.1, -0.05) is 41.9 Å². The normalized spacial score (nSPS) is 12.7. The lowest BCUT2D eigenvalue weighted by Gasteiger charge is -2.23. The van der Waals surface area contributed by atoms with E-state index in [1.54, 1.807) is 53.4 Å². The monoisotopic (exact) mass is 432 g/mol. The zero-order chi connectivity index (χ0) is 21.8. The van der Waals surface area contributed by atoms with Gasteiger partial charge in [0.2, 0.25) is 0 Å². The van der Waals surface area contributed by atoms with E-state index in [2.05, 4.69) is 0 Å². The Hall–Kier alpha value is -3.44. The second kappa shape index (κ2) is 9.14. The smallest absolute Gasteiger partial charge is 0.261 e. The van der Waals surface area contributed by atoms with Gasteiger partial charge in [-0.15, -0.1) is 0 Å². The van der Waals surface area contributed by atoms with Crippen molar-refractivity contribution in [1.29, 1.82) is 0 Å². The molecule has 0 saturated heterocycles. The molecular formula is C25H21ClN2O3. The maximum atomic E-state index is 13.1. The molecule has 1 aliphatic heterocycles. The van der Waals surface area contributed by atoms with E-state index in [0.717, 1.165) is 5.69 Å². The van der Waals surface area contributed by atoms with E-state index in [1.807, 2.05) is 30.3 Å². The molecule has 3 aromatic rings. The molecule has 6 heteroatoms. The van der Waals surface area contributed by atoms with Gasteiger partial charge in [0.1, 0.15) is 0 Å². The first-order chi connectivity index (χ1) is 15.1. The number of hydrogen-bond acceptors (Lipinski definition) is 3. The number of rotatable bonds is 7. The van der Waals surface area contributed by atoms with Gasteiger partial charge in [-0.3, -0.25) is 19.3 Å². The molecule has 0 aliphatic carbocycles. The SMILES string of the molecule is O=C1c2ccccc2C(=O)N1CCCCN(C(=O)c1ccccc1)c1ccc(Cl)cc1. The maximum Gasteiger partial charge on any atom is 0.261 e. The van der Waals surface area contributed by atoms with Gasteiger partial charge in [0.05, 0.1) is 11.1 Å². The van der Waals surface area contributed by atoms with Crippen LogP contribution >= 0.6 is 11.6 Å². The van der Waals surface area contributed by atoms with Crippen molar-refractivity contribution < 1.29 is 14.4 Å². The summed E-state index contributed by atoms with van der Waals surface area (Å²) in [5, 5.41) is 0.599. The number of unbranched alkanes of at least 4 members (excludes halogenated alkanes) is 1. The highest BCUT2D eigenvalue weighted by atomic mass is 35.5. The largest absolute Gasteiger partial charge is 0.308 e. The molecule has 0 bridgehead atoms.